The van der Waals surface area contributed by atoms with Crippen LogP contribution in [0.15, 0.2) is 18.2 Å². The Kier molecular flexibility index (Phi) is 1.89. The number of hydrogen-bond acceptors (Lipinski definition) is 3. The minimum Gasteiger partial charge on any atom is -0.486 e. The van der Waals surface area contributed by atoms with Crippen molar-refractivity contribution in [2.75, 3.05) is 13.2 Å². The Morgan fingerprint density at radius 2 is 2.00 bits per heavy atom. The number of rotatable bonds is 2. The van der Waals surface area contributed by atoms with Gasteiger partial charge in [-0.15, -0.1) is 0 Å². The van der Waals surface area contributed by atoms with E-state index in [1.54, 1.807) is 0 Å². The van der Waals surface area contributed by atoms with Gasteiger partial charge in [0.15, 0.2) is 11.5 Å². The molecule has 0 aromatic heterocycles. The zero-order valence-corrected chi connectivity index (χ0v) is 8.53. The maximum atomic E-state index is 9.89. The molecule has 3 rings (SSSR count). The van der Waals surface area contributed by atoms with Crippen LogP contribution in [0.3, 0.4) is 0 Å². The molecule has 0 saturated heterocycles. The van der Waals surface area contributed by atoms with Crippen LogP contribution in [0.25, 0.3) is 0 Å². The molecule has 1 fully saturated rings. The zero-order valence-electron chi connectivity index (χ0n) is 8.53. The molecular formula is C12H14O3. The smallest absolute Gasteiger partial charge is 0.164 e. The molecule has 0 radical (unpaired) electrons. The number of fused-ring (bicyclic) bond motifs is 1. The van der Waals surface area contributed by atoms with Gasteiger partial charge in [-0.05, 0) is 18.9 Å². The summed E-state index contributed by atoms with van der Waals surface area (Å²) in [6, 6.07) is 5.87. The van der Waals surface area contributed by atoms with E-state index >= 15 is 0 Å². The van der Waals surface area contributed by atoms with Crippen molar-refractivity contribution in [2.45, 2.75) is 24.9 Å². The van der Waals surface area contributed by atoms with E-state index in [2.05, 4.69) is 0 Å². The Balaban J connectivity index is 1.92. The molecule has 1 aromatic carbocycles. The molecule has 80 valence electrons. The number of aliphatic hydroxyl groups is 1. The minimum atomic E-state index is -0.476. The van der Waals surface area contributed by atoms with E-state index in [1.165, 1.54) is 0 Å². The Hall–Kier alpha value is -1.22. The fourth-order valence-electron chi connectivity index (χ4n) is 1.95. The summed E-state index contributed by atoms with van der Waals surface area (Å²) >= 11 is 0. The van der Waals surface area contributed by atoms with E-state index in [4.69, 9.17) is 9.47 Å². The van der Waals surface area contributed by atoms with Crippen LogP contribution in [0.1, 0.15) is 18.4 Å². The lowest BCUT2D eigenvalue weighted by Crippen LogP contribution is -2.18. The number of ether oxygens (including phenoxy) is 2. The molecule has 3 nitrogen and oxygen atoms in total. The van der Waals surface area contributed by atoms with Crippen LogP contribution in [-0.4, -0.2) is 23.9 Å². The lowest BCUT2D eigenvalue weighted by atomic mass is 10.0. The summed E-state index contributed by atoms with van der Waals surface area (Å²) in [5, 5.41) is 9.89. The molecule has 0 spiro atoms. The zero-order chi connectivity index (χ0) is 10.3. The van der Waals surface area contributed by atoms with Crippen LogP contribution in [0.5, 0.6) is 11.5 Å². The van der Waals surface area contributed by atoms with Gasteiger partial charge in [0.05, 0.1) is 5.60 Å². The van der Waals surface area contributed by atoms with Crippen LogP contribution in [0, 0.1) is 0 Å². The van der Waals surface area contributed by atoms with Crippen LogP contribution < -0.4 is 9.47 Å². The predicted octanol–water partition coefficient (Wildman–Crippen LogP) is 1.53. The van der Waals surface area contributed by atoms with Gasteiger partial charge in [-0.3, -0.25) is 0 Å². The molecule has 0 amide bonds. The lowest BCUT2D eigenvalue weighted by Gasteiger charge is -2.21. The van der Waals surface area contributed by atoms with Crippen LogP contribution in [0.4, 0.5) is 0 Å². The van der Waals surface area contributed by atoms with Gasteiger partial charge in [0.2, 0.25) is 0 Å². The first-order valence-electron chi connectivity index (χ1n) is 5.37. The second kappa shape index (κ2) is 3.14. The average Bonchev–Trinajstić information content (AvgIpc) is 2.97. The summed E-state index contributed by atoms with van der Waals surface area (Å²) in [6.07, 6.45) is 2.48. The summed E-state index contributed by atoms with van der Waals surface area (Å²) in [4.78, 5) is 0. The SMILES string of the molecule is OC1(Cc2cccc3c2OCCO3)CC1. The third-order valence-corrected chi connectivity index (χ3v) is 2.99. The predicted molar refractivity (Wildman–Crippen MR) is 55.3 cm³/mol. The van der Waals surface area contributed by atoms with Gasteiger partial charge in [0.1, 0.15) is 13.2 Å². The molecule has 1 heterocycles. The molecule has 15 heavy (non-hydrogen) atoms. The molecule has 0 unspecified atom stereocenters. The van der Waals surface area contributed by atoms with Gasteiger partial charge < -0.3 is 14.6 Å². The molecule has 2 aliphatic rings. The fourth-order valence-corrected chi connectivity index (χ4v) is 1.95. The third-order valence-electron chi connectivity index (χ3n) is 2.99. The van der Waals surface area contributed by atoms with E-state index in [1.807, 2.05) is 18.2 Å². The Morgan fingerprint density at radius 3 is 2.80 bits per heavy atom. The van der Waals surface area contributed by atoms with E-state index in [0.29, 0.717) is 19.6 Å². The van der Waals surface area contributed by atoms with Crippen molar-refractivity contribution in [2.24, 2.45) is 0 Å². The summed E-state index contributed by atoms with van der Waals surface area (Å²) in [5.41, 5.74) is 0.586. The Bertz CT molecular complexity index is 382. The van der Waals surface area contributed by atoms with Gasteiger partial charge in [0, 0.05) is 12.0 Å². The summed E-state index contributed by atoms with van der Waals surface area (Å²) < 4.78 is 11.1. The summed E-state index contributed by atoms with van der Waals surface area (Å²) in [7, 11) is 0. The van der Waals surface area contributed by atoms with Crippen molar-refractivity contribution in [3.63, 3.8) is 0 Å². The standard InChI is InChI=1S/C12H14O3/c13-12(4-5-12)8-9-2-1-3-10-11(9)15-7-6-14-10/h1-3,13H,4-8H2. The quantitative estimate of drug-likeness (QED) is 0.797. The molecule has 0 bridgehead atoms. The molecule has 3 heteroatoms. The first kappa shape index (κ1) is 9.04. The van der Waals surface area contributed by atoms with Gasteiger partial charge in [-0.2, -0.15) is 0 Å². The normalized spacial score (nSPS) is 21.1. The fraction of sp³-hybridized carbons (Fsp3) is 0.500. The highest BCUT2D eigenvalue weighted by Crippen LogP contribution is 2.42. The highest BCUT2D eigenvalue weighted by Gasteiger charge is 2.41. The Labute approximate surface area is 88.6 Å². The minimum absolute atomic E-state index is 0.476. The molecule has 1 aliphatic carbocycles. The lowest BCUT2D eigenvalue weighted by molar-refractivity contribution is 0.143. The Morgan fingerprint density at radius 1 is 1.20 bits per heavy atom. The van der Waals surface area contributed by atoms with Gasteiger partial charge in [-0.1, -0.05) is 12.1 Å². The van der Waals surface area contributed by atoms with Crippen LogP contribution in [-0.2, 0) is 6.42 Å². The largest absolute Gasteiger partial charge is 0.486 e. The molecule has 1 N–H and O–H groups in total. The number of para-hydroxylation sites is 1. The summed E-state index contributed by atoms with van der Waals surface area (Å²) in [6.45, 7) is 1.21. The van der Waals surface area contributed by atoms with Gasteiger partial charge >= 0.3 is 0 Å². The van der Waals surface area contributed by atoms with Crippen LogP contribution >= 0.6 is 0 Å². The average molecular weight is 206 g/mol. The maximum absolute atomic E-state index is 9.89. The first-order chi connectivity index (χ1) is 7.27. The molecule has 0 atom stereocenters. The van der Waals surface area contributed by atoms with Gasteiger partial charge in [0.25, 0.3) is 0 Å². The van der Waals surface area contributed by atoms with Crippen molar-refractivity contribution >= 4 is 0 Å². The maximum Gasteiger partial charge on any atom is 0.164 e. The topological polar surface area (TPSA) is 38.7 Å². The van der Waals surface area contributed by atoms with Crippen molar-refractivity contribution in [3.05, 3.63) is 23.8 Å². The van der Waals surface area contributed by atoms with Crippen LogP contribution in [0.2, 0.25) is 0 Å². The summed E-state index contributed by atoms with van der Waals surface area (Å²) in [5.74, 6) is 1.63. The molecule has 1 aromatic rings. The number of benzene rings is 1. The molecular weight excluding hydrogens is 192 g/mol. The van der Waals surface area contributed by atoms with Gasteiger partial charge in [-0.25, -0.2) is 0 Å². The van der Waals surface area contributed by atoms with E-state index in [9.17, 15) is 5.11 Å². The second-order valence-electron chi connectivity index (χ2n) is 4.34. The highest BCUT2D eigenvalue weighted by atomic mass is 16.6. The highest BCUT2D eigenvalue weighted by molar-refractivity contribution is 5.48. The molecule has 1 aliphatic heterocycles. The van der Waals surface area contributed by atoms with E-state index < -0.39 is 5.60 Å². The first-order valence-corrected chi connectivity index (χ1v) is 5.37. The second-order valence-corrected chi connectivity index (χ2v) is 4.34. The third kappa shape index (κ3) is 1.67. The molecule has 1 saturated carbocycles. The van der Waals surface area contributed by atoms with E-state index in [0.717, 1.165) is 29.9 Å². The monoisotopic (exact) mass is 206 g/mol. The van der Waals surface area contributed by atoms with Crippen molar-refractivity contribution < 1.29 is 14.6 Å². The number of hydrogen-bond donors (Lipinski definition) is 1. The van der Waals surface area contributed by atoms with Crippen molar-refractivity contribution in [1.82, 2.24) is 0 Å². The van der Waals surface area contributed by atoms with Crippen molar-refractivity contribution in [1.29, 1.82) is 0 Å². The van der Waals surface area contributed by atoms with Crippen molar-refractivity contribution in [3.8, 4) is 11.5 Å². The van der Waals surface area contributed by atoms with E-state index in [-0.39, 0.29) is 0 Å².